The summed E-state index contributed by atoms with van der Waals surface area (Å²) in [6, 6.07) is 19.0. The van der Waals surface area contributed by atoms with E-state index in [-0.39, 0.29) is 16.7 Å². The minimum Gasteiger partial charge on any atom is -0.507 e. The Balaban J connectivity index is 1.84. The first-order valence-corrected chi connectivity index (χ1v) is 11.8. The maximum Gasteiger partial charge on any atom is 0.301 e. The highest BCUT2D eigenvalue weighted by molar-refractivity contribution is 6.51. The van der Waals surface area contributed by atoms with Crippen LogP contribution in [0.5, 0.6) is 5.75 Å². The molecule has 1 aliphatic heterocycles. The number of anilines is 1. The quantitative estimate of drug-likeness (QED) is 0.280. The summed E-state index contributed by atoms with van der Waals surface area (Å²) in [6.45, 7) is 8.97. The molecule has 1 N–H and O–H groups in total. The van der Waals surface area contributed by atoms with Crippen molar-refractivity contribution in [1.82, 2.24) is 4.98 Å². The zero-order chi connectivity index (χ0) is 25.2. The third-order valence-electron chi connectivity index (χ3n) is 6.03. The number of carbonyl (C=O) groups is 2. The molecule has 1 amide bonds. The minimum atomic E-state index is -0.810. The number of amides is 1. The van der Waals surface area contributed by atoms with Crippen LogP contribution in [-0.2, 0) is 15.0 Å². The largest absolute Gasteiger partial charge is 0.507 e. The van der Waals surface area contributed by atoms with E-state index in [2.05, 4.69) is 25.8 Å². The molecule has 4 rings (SSSR count). The molecule has 1 aromatic heterocycles. The fourth-order valence-electron chi connectivity index (χ4n) is 4.13. The van der Waals surface area contributed by atoms with Gasteiger partial charge in [0.1, 0.15) is 17.3 Å². The first-order valence-electron chi connectivity index (χ1n) is 11.8. The molecule has 2 aromatic carbocycles. The second-order valence-electron chi connectivity index (χ2n) is 9.60. The number of rotatable bonds is 6. The highest BCUT2D eigenvalue weighted by atomic mass is 16.5. The van der Waals surface area contributed by atoms with E-state index in [1.54, 1.807) is 48.7 Å². The number of ketones is 1. The summed E-state index contributed by atoms with van der Waals surface area (Å²) >= 11 is 0. The van der Waals surface area contributed by atoms with Crippen molar-refractivity contribution < 1.29 is 19.4 Å². The van der Waals surface area contributed by atoms with Gasteiger partial charge < -0.3 is 9.84 Å². The summed E-state index contributed by atoms with van der Waals surface area (Å²) in [5.41, 5.74) is 2.25. The van der Waals surface area contributed by atoms with Crippen molar-refractivity contribution in [3.8, 4) is 5.75 Å². The number of benzene rings is 2. The molecule has 35 heavy (non-hydrogen) atoms. The van der Waals surface area contributed by atoms with E-state index >= 15 is 0 Å². The second-order valence-corrected chi connectivity index (χ2v) is 9.60. The van der Waals surface area contributed by atoms with Gasteiger partial charge in [-0.3, -0.25) is 14.5 Å². The Labute approximate surface area is 205 Å². The summed E-state index contributed by atoms with van der Waals surface area (Å²) in [5, 5.41) is 11.3. The summed E-state index contributed by atoms with van der Waals surface area (Å²) in [7, 11) is 0. The fraction of sp³-hybridized carbons (Fsp3) is 0.276. The van der Waals surface area contributed by atoms with E-state index in [9.17, 15) is 14.7 Å². The number of aromatic nitrogens is 1. The zero-order valence-electron chi connectivity index (χ0n) is 20.5. The van der Waals surface area contributed by atoms with E-state index in [4.69, 9.17) is 4.74 Å². The first-order chi connectivity index (χ1) is 16.7. The fourth-order valence-corrected chi connectivity index (χ4v) is 4.13. The Bertz CT molecular complexity index is 1240. The highest BCUT2D eigenvalue weighted by Crippen LogP contribution is 2.42. The average molecular weight is 471 g/mol. The number of ether oxygens (including phenoxy) is 1. The van der Waals surface area contributed by atoms with Crippen molar-refractivity contribution >= 4 is 23.3 Å². The lowest BCUT2D eigenvalue weighted by Gasteiger charge is -2.25. The minimum absolute atomic E-state index is 0.0337. The molecule has 1 aliphatic rings. The second kappa shape index (κ2) is 9.74. The number of pyridine rings is 1. The SMILES string of the molecule is CCCOc1ccc(/C(O)=C2\C(=O)C(=O)N(c3ccccn3)[C@H]2c2ccc(C(C)(C)C)cc2)cc1. The van der Waals surface area contributed by atoms with Crippen molar-refractivity contribution in [2.75, 3.05) is 11.5 Å². The molecule has 0 unspecified atom stereocenters. The van der Waals surface area contributed by atoms with Crippen molar-refractivity contribution in [1.29, 1.82) is 0 Å². The predicted molar refractivity (Wildman–Crippen MR) is 136 cm³/mol. The van der Waals surface area contributed by atoms with Crippen LogP contribution in [0.2, 0.25) is 0 Å². The molecule has 1 atom stereocenters. The van der Waals surface area contributed by atoms with Gasteiger partial charge in [-0.15, -0.1) is 0 Å². The molecule has 0 saturated carbocycles. The Morgan fingerprint density at radius 3 is 2.26 bits per heavy atom. The van der Waals surface area contributed by atoms with Gasteiger partial charge in [-0.1, -0.05) is 58.0 Å². The maximum atomic E-state index is 13.3. The summed E-state index contributed by atoms with van der Waals surface area (Å²) in [5.74, 6) is -0.676. The van der Waals surface area contributed by atoms with Gasteiger partial charge in [-0.05, 0) is 59.4 Å². The van der Waals surface area contributed by atoms with Crippen LogP contribution in [-0.4, -0.2) is 28.4 Å². The van der Waals surface area contributed by atoms with E-state index < -0.39 is 17.7 Å². The molecule has 0 bridgehead atoms. The Hall–Kier alpha value is -3.93. The molecule has 180 valence electrons. The van der Waals surface area contributed by atoms with Gasteiger partial charge in [-0.25, -0.2) is 4.98 Å². The molecular formula is C29H30N2O4. The molecule has 6 nitrogen and oxygen atoms in total. The van der Waals surface area contributed by atoms with Crippen molar-refractivity contribution in [3.05, 3.63) is 95.2 Å². The monoisotopic (exact) mass is 470 g/mol. The Kier molecular flexibility index (Phi) is 6.74. The summed E-state index contributed by atoms with van der Waals surface area (Å²) in [4.78, 5) is 32.1. The van der Waals surface area contributed by atoms with Gasteiger partial charge in [0, 0.05) is 11.8 Å². The van der Waals surface area contributed by atoms with Crippen LogP contribution in [0.4, 0.5) is 5.82 Å². The summed E-state index contributed by atoms with van der Waals surface area (Å²) in [6.07, 6.45) is 2.45. The molecular weight excluding hydrogens is 440 g/mol. The number of Topliss-reactive ketones (excluding diaryl/α,β-unsaturated/α-hetero) is 1. The Morgan fingerprint density at radius 1 is 1.00 bits per heavy atom. The van der Waals surface area contributed by atoms with Gasteiger partial charge in [0.25, 0.3) is 5.78 Å². The highest BCUT2D eigenvalue weighted by Gasteiger charge is 2.47. The number of hydrogen-bond donors (Lipinski definition) is 1. The molecule has 1 fully saturated rings. The lowest BCUT2D eigenvalue weighted by molar-refractivity contribution is -0.132. The van der Waals surface area contributed by atoms with Crippen molar-refractivity contribution in [2.45, 2.75) is 45.6 Å². The maximum absolute atomic E-state index is 13.3. The van der Waals surface area contributed by atoms with E-state index in [0.29, 0.717) is 29.3 Å². The topological polar surface area (TPSA) is 79.7 Å². The van der Waals surface area contributed by atoms with E-state index in [0.717, 1.165) is 12.0 Å². The van der Waals surface area contributed by atoms with Crippen LogP contribution >= 0.6 is 0 Å². The van der Waals surface area contributed by atoms with Crippen molar-refractivity contribution in [2.24, 2.45) is 0 Å². The lowest BCUT2D eigenvalue weighted by Crippen LogP contribution is -2.30. The smallest absolute Gasteiger partial charge is 0.301 e. The predicted octanol–water partition coefficient (Wildman–Crippen LogP) is 5.79. The van der Waals surface area contributed by atoms with Crippen LogP contribution in [0.25, 0.3) is 5.76 Å². The molecule has 0 aliphatic carbocycles. The van der Waals surface area contributed by atoms with Crippen molar-refractivity contribution in [3.63, 3.8) is 0 Å². The lowest BCUT2D eigenvalue weighted by atomic mass is 9.85. The van der Waals surface area contributed by atoms with Gasteiger partial charge in [0.2, 0.25) is 0 Å². The van der Waals surface area contributed by atoms with Gasteiger partial charge in [0.05, 0.1) is 18.2 Å². The van der Waals surface area contributed by atoms with Gasteiger partial charge >= 0.3 is 5.91 Å². The van der Waals surface area contributed by atoms with Crippen LogP contribution in [0.15, 0.2) is 78.5 Å². The molecule has 3 aromatic rings. The van der Waals surface area contributed by atoms with Crippen LogP contribution in [0.3, 0.4) is 0 Å². The zero-order valence-corrected chi connectivity index (χ0v) is 20.5. The van der Waals surface area contributed by atoms with Crippen LogP contribution < -0.4 is 9.64 Å². The number of carbonyl (C=O) groups excluding carboxylic acids is 2. The van der Waals surface area contributed by atoms with Gasteiger partial charge in [0.15, 0.2) is 0 Å². The van der Waals surface area contributed by atoms with E-state index in [1.807, 2.05) is 31.2 Å². The first kappa shape index (κ1) is 24.2. The number of aliphatic hydroxyl groups is 1. The molecule has 1 saturated heterocycles. The van der Waals surface area contributed by atoms with Crippen LogP contribution in [0, 0.1) is 0 Å². The third-order valence-corrected chi connectivity index (χ3v) is 6.03. The molecule has 0 spiro atoms. The molecule has 6 heteroatoms. The van der Waals surface area contributed by atoms with Gasteiger partial charge in [-0.2, -0.15) is 0 Å². The molecule has 0 radical (unpaired) electrons. The number of aliphatic hydroxyl groups excluding tert-OH is 1. The number of nitrogens with zero attached hydrogens (tertiary/aromatic N) is 2. The average Bonchev–Trinajstić information content (AvgIpc) is 3.13. The Morgan fingerprint density at radius 2 is 1.69 bits per heavy atom. The third kappa shape index (κ3) is 4.83. The summed E-state index contributed by atoms with van der Waals surface area (Å²) < 4.78 is 5.62. The normalized spacial score (nSPS) is 17.6. The molecule has 2 heterocycles. The standard InChI is InChI=1S/C29H30N2O4/c1-5-18-35-22-15-11-20(12-16-22)26(32)24-25(19-9-13-21(14-10-19)29(2,3)4)31(28(34)27(24)33)23-8-6-7-17-30-23/h6-17,25,32H,5,18H2,1-4H3/b26-24+/t25-/m0/s1. The van der Waals surface area contributed by atoms with E-state index in [1.165, 1.54) is 4.90 Å². The number of hydrogen-bond acceptors (Lipinski definition) is 5. The van der Waals surface area contributed by atoms with Crippen LogP contribution in [0.1, 0.15) is 56.8 Å².